The molecule has 2 heterocycles. The number of nitrogens with one attached hydrogen (secondary N) is 1. The minimum atomic E-state index is -3.61. The molecule has 0 bridgehead atoms. The predicted octanol–water partition coefficient (Wildman–Crippen LogP) is 2.54. The average molecular weight is 314 g/mol. The summed E-state index contributed by atoms with van der Waals surface area (Å²) in [6.45, 7) is 3.75. The van der Waals surface area contributed by atoms with Gasteiger partial charge in [0.05, 0.1) is 12.6 Å². The van der Waals surface area contributed by atoms with Gasteiger partial charge in [0.25, 0.3) is 0 Å². The molecule has 20 heavy (non-hydrogen) atoms. The molecule has 2 rings (SSSR count). The SMILES string of the molecule is CCC(NS(=O)(=O)c1cc(CN)oc1C)c1cccs1. The fourth-order valence-electron chi connectivity index (χ4n) is 1.97. The Morgan fingerprint density at radius 1 is 1.50 bits per heavy atom. The van der Waals surface area contributed by atoms with E-state index in [1.165, 1.54) is 17.4 Å². The fourth-order valence-corrected chi connectivity index (χ4v) is 4.41. The molecular formula is C13H18N2O3S2. The van der Waals surface area contributed by atoms with Gasteiger partial charge in [0.15, 0.2) is 0 Å². The molecule has 2 aromatic heterocycles. The lowest BCUT2D eigenvalue weighted by Gasteiger charge is -2.15. The van der Waals surface area contributed by atoms with E-state index in [-0.39, 0.29) is 17.5 Å². The maximum Gasteiger partial charge on any atom is 0.244 e. The van der Waals surface area contributed by atoms with Gasteiger partial charge >= 0.3 is 0 Å². The zero-order valence-corrected chi connectivity index (χ0v) is 13.1. The van der Waals surface area contributed by atoms with E-state index in [9.17, 15) is 8.42 Å². The zero-order valence-electron chi connectivity index (χ0n) is 11.4. The molecule has 110 valence electrons. The van der Waals surface area contributed by atoms with Gasteiger partial charge in [-0.25, -0.2) is 13.1 Å². The lowest BCUT2D eigenvalue weighted by atomic mass is 10.2. The van der Waals surface area contributed by atoms with Crippen molar-refractivity contribution in [1.29, 1.82) is 0 Å². The van der Waals surface area contributed by atoms with Crippen molar-refractivity contribution >= 4 is 21.4 Å². The highest BCUT2D eigenvalue weighted by molar-refractivity contribution is 7.89. The molecule has 3 N–H and O–H groups in total. The predicted molar refractivity (Wildman–Crippen MR) is 79.0 cm³/mol. The molecule has 0 radical (unpaired) electrons. The highest BCUT2D eigenvalue weighted by atomic mass is 32.2. The number of nitrogens with two attached hydrogens (primary N) is 1. The van der Waals surface area contributed by atoms with Crippen molar-refractivity contribution in [3.8, 4) is 0 Å². The number of furan rings is 1. The molecule has 0 spiro atoms. The molecule has 0 amide bonds. The Hall–Kier alpha value is -1.15. The van der Waals surface area contributed by atoms with Crippen molar-refractivity contribution in [2.75, 3.05) is 0 Å². The fraction of sp³-hybridized carbons (Fsp3) is 0.385. The van der Waals surface area contributed by atoms with Crippen LogP contribution in [0, 0.1) is 6.92 Å². The number of hydrogen-bond acceptors (Lipinski definition) is 5. The van der Waals surface area contributed by atoms with Crippen LogP contribution in [0.4, 0.5) is 0 Å². The van der Waals surface area contributed by atoms with Crippen molar-refractivity contribution in [2.24, 2.45) is 5.73 Å². The molecule has 2 aromatic rings. The Kier molecular flexibility index (Phi) is 4.64. The van der Waals surface area contributed by atoms with Gasteiger partial charge < -0.3 is 10.2 Å². The molecule has 0 saturated heterocycles. The highest BCUT2D eigenvalue weighted by Crippen LogP contribution is 2.26. The molecule has 1 atom stereocenters. The number of sulfonamides is 1. The minimum absolute atomic E-state index is 0.160. The summed E-state index contributed by atoms with van der Waals surface area (Å²) >= 11 is 1.54. The molecule has 5 nitrogen and oxygen atoms in total. The number of rotatable bonds is 6. The number of aryl methyl sites for hydroxylation is 1. The van der Waals surface area contributed by atoms with Crippen molar-refractivity contribution in [1.82, 2.24) is 4.72 Å². The van der Waals surface area contributed by atoms with Crippen molar-refractivity contribution < 1.29 is 12.8 Å². The van der Waals surface area contributed by atoms with Gasteiger partial charge in [-0.15, -0.1) is 11.3 Å². The number of hydrogen-bond donors (Lipinski definition) is 2. The maximum atomic E-state index is 12.4. The molecule has 0 saturated carbocycles. The summed E-state index contributed by atoms with van der Waals surface area (Å²) in [5.74, 6) is 0.825. The van der Waals surface area contributed by atoms with E-state index in [2.05, 4.69) is 4.72 Å². The first kappa shape index (κ1) is 15.2. The van der Waals surface area contributed by atoms with Crippen LogP contribution in [0.1, 0.15) is 35.8 Å². The molecule has 0 aliphatic heterocycles. The zero-order chi connectivity index (χ0) is 14.8. The van der Waals surface area contributed by atoms with Crippen LogP contribution in [0.15, 0.2) is 32.9 Å². The first-order valence-electron chi connectivity index (χ1n) is 6.33. The van der Waals surface area contributed by atoms with Gasteiger partial charge in [-0.1, -0.05) is 13.0 Å². The van der Waals surface area contributed by atoms with Crippen LogP contribution in [-0.2, 0) is 16.6 Å². The quantitative estimate of drug-likeness (QED) is 0.858. The van der Waals surface area contributed by atoms with E-state index in [1.54, 1.807) is 6.92 Å². The Morgan fingerprint density at radius 2 is 2.25 bits per heavy atom. The summed E-state index contributed by atoms with van der Waals surface area (Å²) in [7, 11) is -3.61. The lowest BCUT2D eigenvalue weighted by Crippen LogP contribution is -2.28. The first-order valence-corrected chi connectivity index (χ1v) is 8.69. The van der Waals surface area contributed by atoms with Crippen LogP contribution in [0.3, 0.4) is 0 Å². The summed E-state index contributed by atoms with van der Waals surface area (Å²) in [5, 5.41) is 1.93. The van der Waals surface area contributed by atoms with Crippen molar-refractivity contribution in [2.45, 2.75) is 37.8 Å². The summed E-state index contributed by atoms with van der Waals surface area (Å²) in [4.78, 5) is 1.16. The van der Waals surface area contributed by atoms with E-state index in [1.807, 2.05) is 24.4 Å². The number of thiophene rings is 1. The summed E-state index contributed by atoms with van der Waals surface area (Å²) in [6, 6.07) is 5.09. The Balaban J connectivity index is 2.28. The highest BCUT2D eigenvalue weighted by Gasteiger charge is 2.25. The minimum Gasteiger partial charge on any atom is -0.464 e. The van der Waals surface area contributed by atoms with E-state index in [0.717, 1.165) is 4.88 Å². The van der Waals surface area contributed by atoms with Crippen LogP contribution in [0.2, 0.25) is 0 Å². The molecule has 0 aliphatic rings. The van der Waals surface area contributed by atoms with E-state index >= 15 is 0 Å². The second-order valence-electron chi connectivity index (χ2n) is 4.43. The molecule has 0 fully saturated rings. The van der Waals surface area contributed by atoms with E-state index in [0.29, 0.717) is 17.9 Å². The van der Waals surface area contributed by atoms with Gasteiger partial charge in [0, 0.05) is 10.9 Å². The second-order valence-corrected chi connectivity index (χ2v) is 7.10. The molecule has 7 heteroatoms. The Morgan fingerprint density at radius 3 is 2.75 bits per heavy atom. The smallest absolute Gasteiger partial charge is 0.244 e. The molecule has 1 unspecified atom stereocenters. The van der Waals surface area contributed by atoms with E-state index < -0.39 is 10.0 Å². The monoisotopic (exact) mass is 314 g/mol. The van der Waals surface area contributed by atoms with Crippen LogP contribution < -0.4 is 10.5 Å². The maximum absolute atomic E-state index is 12.4. The normalized spacial score (nSPS) is 13.6. The van der Waals surface area contributed by atoms with Crippen LogP contribution in [-0.4, -0.2) is 8.42 Å². The average Bonchev–Trinajstić information content (AvgIpc) is 3.05. The van der Waals surface area contributed by atoms with Gasteiger partial charge in [-0.3, -0.25) is 0 Å². The van der Waals surface area contributed by atoms with E-state index in [4.69, 9.17) is 10.2 Å². The standard InChI is InChI=1S/C13H18N2O3S2/c1-3-11(12-5-4-6-19-12)15-20(16,17)13-7-10(8-14)18-9(13)2/h4-7,11,15H,3,8,14H2,1-2H3. The third-order valence-corrected chi connectivity index (χ3v) is 5.57. The van der Waals surface area contributed by atoms with Crippen molar-refractivity contribution in [3.05, 3.63) is 40.0 Å². The van der Waals surface area contributed by atoms with Gasteiger partial charge in [-0.05, 0) is 24.8 Å². The molecule has 0 aliphatic carbocycles. The van der Waals surface area contributed by atoms with Crippen LogP contribution >= 0.6 is 11.3 Å². The Labute approximate surface area is 122 Å². The Bertz CT molecular complexity index is 660. The van der Waals surface area contributed by atoms with Crippen molar-refractivity contribution in [3.63, 3.8) is 0 Å². The lowest BCUT2D eigenvalue weighted by molar-refractivity contribution is 0.477. The summed E-state index contributed by atoms with van der Waals surface area (Å²) in [6.07, 6.45) is 0.681. The van der Waals surface area contributed by atoms with Gasteiger partial charge in [-0.2, -0.15) is 0 Å². The second kappa shape index (κ2) is 6.09. The molecule has 0 aromatic carbocycles. The van der Waals surface area contributed by atoms with Crippen LogP contribution in [0.5, 0.6) is 0 Å². The third-order valence-electron chi connectivity index (χ3n) is 3.01. The third kappa shape index (κ3) is 3.12. The largest absolute Gasteiger partial charge is 0.464 e. The topological polar surface area (TPSA) is 85.3 Å². The summed E-state index contributed by atoms with van der Waals surface area (Å²) < 4.78 is 32.9. The van der Waals surface area contributed by atoms with Gasteiger partial charge in [0.1, 0.15) is 16.4 Å². The molecular weight excluding hydrogens is 296 g/mol. The van der Waals surface area contributed by atoms with Gasteiger partial charge in [0.2, 0.25) is 10.0 Å². The van der Waals surface area contributed by atoms with Crippen LogP contribution in [0.25, 0.3) is 0 Å². The summed E-state index contributed by atoms with van der Waals surface area (Å²) in [5.41, 5.74) is 5.47. The first-order chi connectivity index (χ1) is 9.47.